The van der Waals surface area contributed by atoms with Crippen LogP contribution in [0, 0.1) is 17.2 Å². The van der Waals surface area contributed by atoms with Crippen LogP contribution in [0.3, 0.4) is 0 Å². The molecule has 0 aliphatic carbocycles. The summed E-state index contributed by atoms with van der Waals surface area (Å²) in [6.07, 6.45) is 0.148. The van der Waals surface area contributed by atoms with Crippen molar-refractivity contribution in [2.75, 3.05) is 24.5 Å². The van der Waals surface area contributed by atoms with Crippen molar-refractivity contribution >= 4 is 17.5 Å². The van der Waals surface area contributed by atoms with Crippen LogP contribution >= 0.6 is 0 Å². The Labute approximate surface area is 160 Å². The number of carbonyl (C=O) groups is 2. The minimum Gasteiger partial charge on any atom is -0.477 e. The van der Waals surface area contributed by atoms with Crippen LogP contribution in [-0.2, 0) is 9.59 Å². The molecule has 1 heterocycles. The van der Waals surface area contributed by atoms with Gasteiger partial charge < -0.3 is 20.3 Å². The van der Waals surface area contributed by atoms with Crippen LogP contribution in [0.4, 0.5) is 5.69 Å². The highest BCUT2D eigenvalue weighted by Gasteiger charge is 2.34. The molecule has 1 aromatic rings. The van der Waals surface area contributed by atoms with Crippen LogP contribution < -0.4 is 20.3 Å². The summed E-state index contributed by atoms with van der Waals surface area (Å²) in [4.78, 5) is 26.8. The molecule has 2 rings (SSSR count). The molecule has 2 N–H and O–H groups in total. The standard InChI is InChI=1S/C20H28N4O3/c1-5-10-22-19(26)17-11-24(15-8-6-7-9-16(15)27-17)12-18(25)23-20(4,13-21)14(2)3/h6-9,14,17H,5,10-12H2,1-4H3,(H,22,26)(H,23,25)/t17-,20+/m1/s1. The SMILES string of the molecule is CCCNC(=O)[C@H]1CN(CC(=O)N[C@@](C)(C#N)C(C)C)c2ccccc2O1. The number of fused-ring (bicyclic) bond motifs is 1. The Bertz CT molecular complexity index is 728. The first-order chi connectivity index (χ1) is 12.8. The number of nitriles is 1. The predicted molar refractivity (Wildman–Crippen MR) is 103 cm³/mol. The third-order valence-corrected chi connectivity index (χ3v) is 4.82. The summed E-state index contributed by atoms with van der Waals surface area (Å²) in [5, 5.41) is 15.1. The Morgan fingerprint density at radius 3 is 2.74 bits per heavy atom. The van der Waals surface area contributed by atoms with Gasteiger partial charge in [-0.05, 0) is 31.4 Å². The lowest BCUT2D eigenvalue weighted by molar-refractivity contribution is -0.128. The van der Waals surface area contributed by atoms with Crippen molar-refractivity contribution in [3.63, 3.8) is 0 Å². The van der Waals surface area contributed by atoms with E-state index < -0.39 is 11.6 Å². The second kappa shape index (κ2) is 8.76. The van der Waals surface area contributed by atoms with Crippen molar-refractivity contribution < 1.29 is 14.3 Å². The van der Waals surface area contributed by atoms with E-state index in [1.807, 2.05) is 43.9 Å². The van der Waals surface area contributed by atoms with Crippen molar-refractivity contribution in [3.8, 4) is 11.8 Å². The number of hydrogen-bond donors (Lipinski definition) is 2. The number of nitrogens with one attached hydrogen (secondary N) is 2. The van der Waals surface area contributed by atoms with Gasteiger partial charge >= 0.3 is 0 Å². The van der Waals surface area contributed by atoms with E-state index in [1.54, 1.807) is 13.0 Å². The molecular weight excluding hydrogens is 344 g/mol. The number of anilines is 1. The molecular formula is C20H28N4O3. The number of hydrogen-bond acceptors (Lipinski definition) is 5. The van der Waals surface area contributed by atoms with Gasteiger partial charge in [0.2, 0.25) is 5.91 Å². The number of amides is 2. The van der Waals surface area contributed by atoms with E-state index in [2.05, 4.69) is 16.7 Å². The summed E-state index contributed by atoms with van der Waals surface area (Å²) < 4.78 is 5.83. The molecule has 2 atom stereocenters. The molecule has 1 aliphatic rings. The lowest BCUT2D eigenvalue weighted by atomic mass is 9.90. The molecule has 0 spiro atoms. The molecule has 7 nitrogen and oxygen atoms in total. The third kappa shape index (κ3) is 4.91. The predicted octanol–water partition coefficient (Wildman–Crippen LogP) is 1.83. The summed E-state index contributed by atoms with van der Waals surface area (Å²) >= 11 is 0. The third-order valence-electron chi connectivity index (χ3n) is 4.82. The molecule has 0 fully saturated rings. The molecule has 2 amide bonds. The monoisotopic (exact) mass is 372 g/mol. The van der Waals surface area contributed by atoms with E-state index in [-0.39, 0.29) is 30.8 Å². The van der Waals surface area contributed by atoms with Crippen molar-refractivity contribution in [3.05, 3.63) is 24.3 Å². The average Bonchev–Trinajstić information content (AvgIpc) is 2.65. The summed E-state index contributed by atoms with van der Waals surface area (Å²) in [6.45, 7) is 8.37. The zero-order chi connectivity index (χ0) is 20.0. The van der Waals surface area contributed by atoms with Crippen molar-refractivity contribution in [2.45, 2.75) is 45.8 Å². The Morgan fingerprint density at radius 2 is 2.11 bits per heavy atom. The lowest BCUT2D eigenvalue weighted by Gasteiger charge is -2.36. The van der Waals surface area contributed by atoms with Gasteiger partial charge in [-0.15, -0.1) is 0 Å². The van der Waals surface area contributed by atoms with Gasteiger partial charge in [-0.3, -0.25) is 9.59 Å². The smallest absolute Gasteiger partial charge is 0.262 e. The van der Waals surface area contributed by atoms with E-state index in [0.717, 1.165) is 12.1 Å². The quantitative estimate of drug-likeness (QED) is 0.761. The molecule has 7 heteroatoms. The van der Waals surface area contributed by atoms with Gasteiger partial charge in [0.05, 0.1) is 24.8 Å². The second-order valence-electron chi connectivity index (χ2n) is 7.26. The molecule has 1 aliphatic heterocycles. The van der Waals surface area contributed by atoms with E-state index >= 15 is 0 Å². The number of para-hydroxylation sites is 2. The van der Waals surface area contributed by atoms with Crippen molar-refractivity contribution in [1.29, 1.82) is 5.26 Å². The Kier molecular flexibility index (Phi) is 6.67. The van der Waals surface area contributed by atoms with Crippen LogP contribution in [0.2, 0.25) is 0 Å². The normalized spacial score (nSPS) is 17.9. The summed E-state index contributed by atoms with van der Waals surface area (Å²) in [5.41, 5.74) is -0.184. The van der Waals surface area contributed by atoms with E-state index in [4.69, 9.17) is 4.74 Å². The van der Waals surface area contributed by atoms with E-state index in [0.29, 0.717) is 12.3 Å². The Balaban J connectivity index is 2.15. The largest absolute Gasteiger partial charge is 0.477 e. The van der Waals surface area contributed by atoms with Gasteiger partial charge in [-0.25, -0.2) is 0 Å². The summed E-state index contributed by atoms with van der Waals surface area (Å²) in [6, 6.07) is 9.50. The van der Waals surface area contributed by atoms with Gasteiger partial charge in [0.1, 0.15) is 11.3 Å². The zero-order valence-electron chi connectivity index (χ0n) is 16.4. The summed E-state index contributed by atoms with van der Waals surface area (Å²) in [7, 11) is 0. The highest BCUT2D eigenvalue weighted by Crippen LogP contribution is 2.33. The fraction of sp³-hybridized carbons (Fsp3) is 0.550. The fourth-order valence-electron chi connectivity index (χ4n) is 2.76. The maximum absolute atomic E-state index is 12.6. The van der Waals surface area contributed by atoms with E-state index in [1.165, 1.54) is 0 Å². The Hall–Kier alpha value is -2.75. The topological polar surface area (TPSA) is 94.5 Å². The molecule has 27 heavy (non-hydrogen) atoms. The highest BCUT2D eigenvalue weighted by molar-refractivity contribution is 5.86. The number of ether oxygens (including phenoxy) is 1. The van der Waals surface area contributed by atoms with Crippen LogP contribution in [0.5, 0.6) is 5.75 Å². The summed E-state index contributed by atoms with van der Waals surface area (Å²) in [5.74, 6) is 0.0778. The minimum atomic E-state index is -0.944. The minimum absolute atomic E-state index is 0.0315. The molecule has 146 valence electrons. The molecule has 0 bridgehead atoms. The van der Waals surface area contributed by atoms with Crippen molar-refractivity contribution in [2.24, 2.45) is 5.92 Å². The molecule has 0 unspecified atom stereocenters. The van der Waals surface area contributed by atoms with Crippen LogP contribution in [-0.4, -0.2) is 43.1 Å². The fourth-order valence-corrected chi connectivity index (χ4v) is 2.76. The number of carbonyl (C=O) groups excluding carboxylic acids is 2. The Morgan fingerprint density at radius 1 is 1.41 bits per heavy atom. The number of rotatable bonds is 7. The molecule has 0 saturated heterocycles. The highest BCUT2D eigenvalue weighted by atomic mass is 16.5. The number of benzene rings is 1. The lowest BCUT2D eigenvalue weighted by Crippen LogP contribution is -2.55. The zero-order valence-corrected chi connectivity index (χ0v) is 16.4. The molecule has 0 saturated carbocycles. The number of nitrogens with zero attached hydrogens (tertiary/aromatic N) is 2. The van der Waals surface area contributed by atoms with Gasteiger partial charge in [0, 0.05) is 6.54 Å². The van der Waals surface area contributed by atoms with Gasteiger partial charge in [0.25, 0.3) is 5.91 Å². The van der Waals surface area contributed by atoms with Gasteiger partial charge in [-0.2, -0.15) is 5.26 Å². The molecule has 1 aromatic carbocycles. The first kappa shape index (κ1) is 20.6. The van der Waals surface area contributed by atoms with Gasteiger partial charge in [0.15, 0.2) is 6.10 Å². The first-order valence-electron chi connectivity index (χ1n) is 9.31. The van der Waals surface area contributed by atoms with Crippen LogP contribution in [0.1, 0.15) is 34.1 Å². The second-order valence-corrected chi connectivity index (χ2v) is 7.26. The first-order valence-corrected chi connectivity index (χ1v) is 9.31. The van der Waals surface area contributed by atoms with Crippen LogP contribution in [0.25, 0.3) is 0 Å². The average molecular weight is 372 g/mol. The van der Waals surface area contributed by atoms with Crippen LogP contribution in [0.15, 0.2) is 24.3 Å². The maximum atomic E-state index is 12.6. The van der Waals surface area contributed by atoms with Crippen molar-refractivity contribution in [1.82, 2.24) is 10.6 Å². The van der Waals surface area contributed by atoms with Gasteiger partial charge in [-0.1, -0.05) is 32.9 Å². The molecule has 0 radical (unpaired) electrons. The maximum Gasteiger partial charge on any atom is 0.262 e. The molecule has 0 aromatic heterocycles. The van der Waals surface area contributed by atoms with E-state index in [9.17, 15) is 14.9 Å².